The average Bonchev–Trinajstić information content (AvgIpc) is 2.63. The van der Waals surface area contributed by atoms with Gasteiger partial charge in [0.2, 0.25) is 15.9 Å². The first-order chi connectivity index (χ1) is 12.7. The molecule has 0 aliphatic rings. The molecular formula is C19H22Cl2N2O3S. The molecule has 1 amide bonds. The average molecular weight is 429 g/mol. The lowest BCUT2D eigenvalue weighted by Crippen LogP contribution is -2.38. The first-order valence-corrected chi connectivity index (χ1v) is 10.7. The summed E-state index contributed by atoms with van der Waals surface area (Å²) in [7, 11) is -3.96. The summed E-state index contributed by atoms with van der Waals surface area (Å²) in [5.41, 5.74) is 2.64. The van der Waals surface area contributed by atoms with Gasteiger partial charge in [-0.05, 0) is 42.7 Å². The largest absolute Gasteiger partial charge is 0.324 e. The molecule has 0 saturated heterocycles. The number of nitrogens with zero attached hydrogens (tertiary/aromatic N) is 1. The van der Waals surface area contributed by atoms with Gasteiger partial charge in [0.05, 0.1) is 11.6 Å². The van der Waals surface area contributed by atoms with Crippen LogP contribution in [0.4, 0.5) is 5.69 Å². The molecule has 0 aromatic heterocycles. The Kier molecular flexibility index (Phi) is 7.28. The van der Waals surface area contributed by atoms with Crippen LogP contribution in [0.3, 0.4) is 0 Å². The topological polar surface area (TPSA) is 66.5 Å². The molecule has 8 heteroatoms. The van der Waals surface area contributed by atoms with E-state index in [0.29, 0.717) is 0 Å². The number of nitrogens with one attached hydrogen (secondary N) is 1. The minimum atomic E-state index is -3.96. The third-order valence-electron chi connectivity index (χ3n) is 4.19. The van der Waals surface area contributed by atoms with E-state index in [-0.39, 0.29) is 28.0 Å². The number of likely N-dealkylation sites (N-methyl/N-ethyl adjacent to an activating group) is 1. The summed E-state index contributed by atoms with van der Waals surface area (Å²) in [6.07, 6.45) is 0.755. The quantitative estimate of drug-likeness (QED) is 0.704. The second-order valence-electron chi connectivity index (χ2n) is 6.02. The van der Waals surface area contributed by atoms with Gasteiger partial charge >= 0.3 is 0 Å². The summed E-state index contributed by atoms with van der Waals surface area (Å²) in [6, 6.07) is 9.98. The Labute approximate surface area is 170 Å². The smallest absolute Gasteiger partial charge is 0.245 e. The highest BCUT2D eigenvalue weighted by Crippen LogP contribution is 2.28. The molecule has 0 bridgehead atoms. The maximum Gasteiger partial charge on any atom is 0.245 e. The maximum absolute atomic E-state index is 12.9. The number of anilines is 1. The van der Waals surface area contributed by atoms with Crippen molar-refractivity contribution in [1.29, 1.82) is 0 Å². The minimum absolute atomic E-state index is 0.0606. The van der Waals surface area contributed by atoms with Crippen LogP contribution in [0.2, 0.25) is 10.0 Å². The van der Waals surface area contributed by atoms with Gasteiger partial charge in [0.1, 0.15) is 4.90 Å². The van der Waals surface area contributed by atoms with Gasteiger partial charge in [-0.1, -0.05) is 55.2 Å². The number of hydrogen-bond donors (Lipinski definition) is 1. The van der Waals surface area contributed by atoms with E-state index in [4.69, 9.17) is 23.2 Å². The fourth-order valence-corrected chi connectivity index (χ4v) is 4.86. The fourth-order valence-electron chi connectivity index (χ4n) is 2.72. The van der Waals surface area contributed by atoms with Crippen molar-refractivity contribution in [3.05, 3.63) is 57.6 Å². The maximum atomic E-state index is 12.9. The van der Waals surface area contributed by atoms with Crippen molar-refractivity contribution in [3.63, 3.8) is 0 Å². The van der Waals surface area contributed by atoms with Crippen LogP contribution in [0.1, 0.15) is 25.0 Å². The number of halogens is 2. The van der Waals surface area contributed by atoms with E-state index >= 15 is 0 Å². The summed E-state index contributed by atoms with van der Waals surface area (Å²) in [4.78, 5) is 12.4. The van der Waals surface area contributed by atoms with E-state index in [1.165, 1.54) is 18.2 Å². The van der Waals surface area contributed by atoms with Crippen LogP contribution in [0.5, 0.6) is 0 Å². The Morgan fingerprint density at radius 1 is 1.15 bits per heavy atom. The number of benzene rings is 2. The number of carbonyl (C=O) groups excluding carboxylic acids is 1. The first kappa shape index (κ1) is 21.7. The van der Waals surface area contributed by atoms with E-state index in [1.54, 1.807) is 6.92 Å². The third kappa shape index (κ3) is 5.02. The zero-order chi connectivity index (χ0) is 20.2. The molecule has 0 radical (unpaired) electrons. The van der Waals surface area contributed by atoms with Crippen molar-refractivity contribution in [2.24, 2.45) is 0 Å². The summed E-state index contributed by atoms with van der Waals surface area (Å²) in [6.45, 7) is 5.35. The highest BCUT2D eigenvalue weighted by molar-refractivity contribution is 7.89. The van der Waals surface area contributed by atoms with Gasteiger partial charge in [0.15, 0.2) is 0 Å². The van der Waals surface area contributed by atoms with Crippen LogP contribution in [-0.4, -0.2) is 31.7 Å². The molecule has 0 atom stereocenters. The molecule has 0 aliphatic carbocycles. The molecule has 0 spiro atoms. The summed E-state index contributed by atoms with van der Waals surface area (Å²) < 4.78 is 26.9. The van der Waals surface area contributed by atoms with E-state index in [1.807, 2.05) is 32.0 Å². The Balaban J connectivity index is 2.26. The van der Waals surface area contributed by atoms with E-state index in [0.717, 1.165) is 27.5 Å². The van der Waals surface area contributed by atoms with Crippen molar-refractivity contribution < 1.29 is 13.2 Å². The van der Waals surface area contributed by atoms with Crippen LogP contribution >= 0.6 is 23.2 Å². The second-order valence-corrected chi connectivity index (χ2v) is 8.77. The second kappa shape index (κ2) is 9.06. The Bertz CT molecular complexity index is 946. The lowest BCUT2D eigenvalue weighted by molar-refractivity contribution is -0.116. The SMILES string of the molecule is CCc1cccc(C)c1NC(=O)CN(CC)S(=O)(=O)c1cc(Cl)ccc1Cl. The highest BCUT2D eigenvalue weighted by Gasteiger charge is 2.28. The monoisotopic (exact) mass is 428 g/mol. The molecular weight excluding hydrogens is 407 g/mol. The van der Waals surface area contributed by atoms with Gasteiger partial charge < -0.3 is 5.32 Å². The molecule has 146 valence electrons. The fraction of sp³-hybridized carbons (Fsp3) is 0.316. The lowest BCUT2D eigenvalue weighted by Gasteiger charge is -2.21. The van der Waals surface area contributed by atoms with Gasteiger partial charge in [-0.15, -0.1) is 0 Å². The van der Waals surface area contributed by atoms with E-state index < -0.39 is 15.9 Å². The first-order valence-electron chi connectivity index (χ1n) is 8.54. The van der Waals surface area contributed by atoms with Gasteiger partial charge in [0.25, 0.3) is 0 Å². The van der Waals surface area contributed by atoms with Crippen molar-refractivity contribution in [2.75, 3.05) is 18.4 Å². The molecule has 0 unspecified atom stereocenters. The number of sulfonamides is 1. The number of para-hydroxylation sites is 1. The standard InChI is InChI=1S/C19H22Cl2N2O3S/c1-4-14-8-6-7-13(3)19(14)22-18(24)12-23(5-2)27(25,26)17-11-15(20)9-10-16(17)21/h6-11H,4-5,12H2,1-3H3,(H,22,24). The molecule has 0 aliphatic heterocycles. The minimum Gasteiger partial charge on any atom is -0.324 e. The molecule has 2 aromatic carbocycles. The third-order valence-corrected chi connectivity index (χ3v) is 6.83. The highest BCUT2D eigenvalue weighted by atomic mass is 35.5. The summed E-state index contributed by atoms with van der Waals surface area (Å²) in [5.74, 6) is -0.414. The van der Waals surface area contributed by atoms with E-state index in [9.17, 15) is 13.2 Å². The number of hydrogen-bond acceptors (Lipinski definition) is 3. The lowest BCUT2D eigenvalue weighted by atomic mass is 10.1. The van der Waals surface area contributed by atoms with Gasteiger partial charge in [-0.3, -0.25) is 4.79 Å². The molecule has 2 aromatic rings. The number of amides is 1. The number of rotatable bonds is 7. The Morgan fingerprint density at radius 3 is 2.48 bits per heavy atom. The Morgan fingerprint density at radius 2 is 1.85 bits per heavy atom. The van der Waals surface area contributed by atoms with Crippen LogP contribution in [0.25, 0.3) is 0 Å². The molecule has 0 heterocycles. The normalized spacial score (nSPS) is 11.6. The molecule has 2 rings (SSSR count). The Hall–Kier alpha value is -1.60. The van der Waals surface area contributed by atoms with Crippen molar-refractivity contribution in [2.45, 2.75) is 32.1 Å². The number of carbonyl (C=O) groups is 1. The zero-order valence-corrected chi connectivity index (χ0v) is 17.7. The zero-order valence-electron chi connectivity index (χ0n) is 15.4. The van der Waals surface area contributed by atoms with Crippen LogP contribution in [0, 0.1) is 6.92 Å². The summed E-state index contributed by atoms with van der Waals surface area (Å²) >= 11 is 12.0. The van der Waals surface area contributed by atoms with Crippen molar-refractivity contribution in [3.8, 4) is 0 Å². The number of aryl methyl sites for hydroxylation is 2. The molecule has 0 saturated carbocycles. The summed E-state index contributed by atoms with van der Waals surface area (Å²) in [5, 5.41) is 3.16. The molecule has 0 fully saturated rings. The molecule has 27 heavy (non-hydrogen) atoms. The molecule has 5 nitrogen and oxygen atoms in total. The van der Waals surface area contributed by atoms with Gasteiger partial charge in [0, 0.05) is 17.3 Å². The predicted molar refractivity (Wildman–Crippen MR) is 110 cm³/mol. The van der Waals surface area contributed by atoms with Crippen molar-refractivity contribution in [1.82, 2.24) is 4.31 Å². The van der Waals surface area contributed by atoms with Crippen molar-refractivity contribution >= 4 is 44.8 Å². The van der Waals surface area contributed by atoms with Crippen LogP contribution in [-0.2, 0) is 21.2 Å². The van der Waals surface area contributed by atoms with Gasteiger partial charge in [-0.25, -0.2) is 8.42 Å². The van der Waals surface area contributed by atoms with Crippen LogP contribution < -0.4 is 5.32 Å². The van der Waals surface area contributed by atoms with E-state index in [2.05, 4.69) is 5.32 Å². The van der Waals surface area contributed by atoms with Crippen LogP contribution in [0.15, 0.2) is 41.3 Å². The van der Waals surface area contributed by atoms with Gasteiger partial charge in [-0.2, -0.15) is 4.31 Å². The molecule has 1 N–H and O–H groups in total. The predicted octanol–water partition coefficient (Wildman–Crippen LogP) is 4.51.